The highest BCUT2D eigenvalue weighted by Gasteiger charge is 2.09. The first-order valence-corrected chi connectivity index (χ1v) is 8.03. The van der Waals surface area contributed by atoms with Gasteiger partial charge in [0.25, 0.3) is 0 Å². The monoisotopic (exact) mass is 382 g/mol. The van der Waals surface area contributed by atoms with Crippen molar-refractivity contribution in [2.24, 2.45) is 0 Å². The van der Waals surface area contributed by atoms with Crippen molar-refractivity contribution in [1.29, 1.82) is 0 Å². The molecule has 0 spiro atoms. The molecule has 100 valence electrons. The smallest absolute Gasteiger partial charge is 0.131 e. The zero-order valence-corrected chi connectivity index (χ0v) is 14.4. The van der Waals surface area contributed by atoms with Gasteiger partial charge in [0.1, 0.15) is 11.5 Å². The van der Waals surface area contributed by atoms with E-state index in [1.807, 2.05) is 12.1 Å². The molecular formula is C16H16Br2O. The highest BCUT2D eigenvalue weighted by molar-refractivity contribution is 9.10. The van der Waals surface area contributed by atoms with Gasteiger partial charge in [-0.15, -0.1) is 0 Å². The van der Waals surface area contributed by atoms with Gasteiger partial charge in [-0.3, -0.25) is 0 Å². The van der Waals surface area contributed by atoms with E-state index < -0.39 is 0 Å². The standard InChI is InChI=1S/C16H16Br2O/c1-10-6-11(2)12(3)16(7-10)19-15-5-4-14(18)8-13(15)9-17/h4-8H,9H2,1-3H3. The lowest BCUT2D eigenvalue weighted by Crippen LogP contribution is -1.94. The van der Waals surface area contributed by atoms with Crippen molar-refractivity contribution in [2.45, 2.75) is 26.1 Å². The second-order valence-electron chi connectivity index (χ2n) is 4.69. The van der Waals surface area contributed by atoms with Crippen LogP contribution in [0.5, 0.6) is 11.5 Å². The molecule has 2 aromatic rings. The maximum absolute atomic E-state index is 6.10. The van der Waals surface area contributed by atoms with E-state index in [1.165, 1.54) is 16.7 Å². The number of halogens is 2. The van der Waals surface area contributed by atoms with Crippen molar-refractivity contribution >= 4 is 31.9 Å². The summed E-state index contributed by atoms with van der Waals surface area (Å²) in [5, 5.41) is 0.769. The van der Waals surface area contributed by atoms with Crippen molar-refractivity contribution < 1.29 is 4.74 Å². The fraction of sp³-hybridized carbons (Fsp3) is 0.250. The number of benzene rings is 2. The van der Waals surface area contributed by atoms with Crippen molar-refractivity contribution in [3.63, 3.8) is 0 Å². The minimum absolute atomic E-state index is 0.769. The van der Waals surface area contributed by atoms with Gasteiger partial charge in [0.15, 0.2) is 0 Å². The Bertz CT molecular complexity index is 606. The maximum Gasteiger partial charge on any atom is 0.131 e. The number of alkyl halides is 1. The summed E-state index contributed by atoms with van der Waals surface area (Å²) in [7, 11) is 0. The van der Waals surface area contributed by atoms with Crippen LogP contribution in [-0.4, -0.2) is 0 Å². The van der Waals surface area contributed by atoms with Crippen LogP contribution >= 0.6 is 31.9 Å². The predicted octanol–water partition coefficient (Wildman–Crippen LogP) is 6.06. The van der Waals surface area contributed by atoms with E-state index in [-0.39, 0.29) is 0 Å². The van der Waals surface area contributed by atoms with Gasteiger partial charge in [0.2, 0.25) is 0 Å². The molecule has 0 aliphatic rings. The Morgan fingerprint density at radius 3 is 2.42 bits per heavy atom. The Morgan fingerprint density at radius 1 is 1.00 bits per heavy atom. The van der Waals surface area contributed by atoms with Gasteiger partial charge in [-0.2, -0.15) is 0 Å². The molecule has 0 unspecified atom stereocenters. The molecule has 0 amide bonds. The van der Waals surface area contributed by atoms with Crippen LogP contribution in [0.2, 0.25) is 0 Å². The van der Waals surface area contributed by atoms with Crippen LogP contribution in [0.4, 0.5) is 0 Å². The molecule has 19 heavy (non-hydrogen) atoms. The first-order valence-electron chi connectivity index (χ1n) is 6.11. The average molecular weight is 384 g/mol. The summed E-state index contributed by atoms with van der Waals surface area (Å²) in [6, 6.07) is 10.3. The molecule has 0 fully saturated rings. The molecule has 2 aromatic carbocycles. The summed E-state index contributed by atoms with van der Waals surface area (Å²) >= 11 is 6.99. The Balaban J connectivity index is 2.41. The molecule has 0 aromatic heterocycles. The molecule has 0 atom stereocenters. The molecule has 0 heterocycles. The molecule has 0 aliphatic carbocycles. The van der Waals surface area contributed by atoms with Gasteiger partial charge in [0.05, 0.1) is 0 Å². The highest BCUT2D eigenvalue weighted by Crippen LogP contribution is 2.32. The largest absolute Gasteiger partial charge is 0.457 e. The van der Waals surface area contributed by atoms with E-state index in [0.717, 1.165) is 26.9 Å². The quantitative estimate of drug-likeness (QED) is 0.585. The number of hydrogen-bond acceptors (Lipinski definition) is 1. The van der Waals surface area contributed by atoms with E-state index >= 15 is 0 Å². The van der Waals surface area contributed by atoms with Gasteiger partial charge < -0.3 is 4.74 Å². The molecular weight excluding hydrogens is 368 g/mol. The maximum atomic E-state index is 6.10. The Labute approximate surface area is 131 Å². The number of hydrogen-bond donors (Lipinski definition) is 0. The van der Waals surface area contributed by atoms with Crippen molar-refractivity contribution in [2.75, 3.05) is 0 Å². The molecule has 2 rings (SSSR count). The third-order valence-corrected chi connectivity index (χ3v) is 4.25. The SMILES string of the molecule is Cc1cc(C)c(C)c(Oc2ccc(Br)cc2CBr)c1. The number of rotatable bonds is 3. The van der Waals surface area contributed by atoms with E-state index in [1.54, 1.807) is 0 Å². The van der Waals surface area contributed by atoms with Gasteiger partial charge in [0, 0.05) is 15.4 Å². The van der Waals surface area contributed by atoms with Gasteiger partial charge in [-0.05, 0) is 61.7 Å². The fourth-order valence-corrected chi connectivity index (χ4v) is 2.82. The van der Waals surface area contributed by atoms with Crippen LogP contribution < -0.4 is 4.74 Å². The van der Waals surface area contributed by atoms with E-state index in [4.69, 9.17) is 4.74 Å². The lowest BCUT2D eigenvalue weighted by molar-refractivity contribution is 0.474. The number of ether oxygens (including phenoxy) is 1. The summed E-state index contributed by atoms with van der Waals surface area (Å²) in [5.74, 6) is 1.83. The fourth-order valence-electron chi connectivity index (χ4n) is 1.98. The zero-order valence-electron chi connectivity index (χ0n) is 11.3. The lowest BCUT2D eigenvalue weighted by atomic mass is 10.1. The van der Waals surface area contributed by atoms with Crippen LogP contribution in [-0.2, 0) is 5.33 Å². The minimum Gasteiger partial charge on any atom is -0.457 e. The van der Waals surface area contributed by atoms with Gasteiger partial charge in [-0.25, -0.2) is 0 Å². The summed E-state index contributed by atoms with van der Waals surface area (Å²) in [5.41, 5.74) is 4.80. The second kappa shape index (κ2) is 6.10. The second-order valence-corrected chi connectivity index (χ2v) is 6.17. The van der Waals surface area contributed by atoms with Crippen LogP contribution in [0.15, 0.2) is 34.8 Å². The van der Waals surface area contributed by atoms with Crippen LogP contribution in [0, 0.1) is 20.8 Å². The molecule has 0 radical (unpaired) electrons. The van der Waals surface area contributed by atoms with E-state index in [2.05, 4.69) is 70.8 Å². The first kappa shape index (κ1) is 14.6. The molecule has 0 N–H and O–H groups in total. The first-order chi connectivity index (χ1) is 9.01. The molecule has 0 aliphatic heterocycles. The third kappa shape index (κ3) is 3.40. The molecule has 0 saturated carbocycles. The molecule has 3 heteroatoms. The number of aryl methyl sites for hydroxylation is 2. The Morgan fingerprint density at radius 2 is 1.74 bits per heavy atom. The van der Waals surface area contributed by atoms with E-state index in [0.29, 0.717) is 0 Å². The summed E-state index contributed by atoms with van der Waals surface area (Å²) < 4.78 is 7.16. The predicted molar refractivity (Wildman–Crippen MR) is 87.5 cm³/mol. The van der Waals surface area contributed by atoms with Gasteiger partial charge >= 0.3 is 0 Å². The molecule has 0 saturated heterocycles. The van der Waals surface area contributed by atoms with Crippen molar-refractivity contribution in [3.8, 4) is 11.5 Å². The van der Waals surface area contributed by atoms with Crippen molar-refractivity contribution in [1.82, 2.24) is 0 Å². The average Bonchev–Trinajstić information content (AvgIpc) is 2.37. The van der Waals surface area contributed by atoms with Crippen LogP contribution in [0.1, 0.15) is 22.3 Å². The molecule has 1 nitrogen and oxygen atoms in total. The van der Waals surface area contributed by atoms with Gasteiger partial charge in [-0.1, -0.05) is 37.9 Å². The summed E-state index contributed by atoms with van der Waals surface area (Å²) in [4.78, 5) is 0. The van der Waals surface area contributed by atoms with Crippen LogP contribution in [0.3, 0.4) is 0 Å². The zero-order chi connectivity index (χ0) is 14.0. The summed E-state index contributed by atoms with van der Waals surface area (Å²) in [6.45, 7) is 6.30. The van der Waals surface area contributed by atoms with Crippen molar-refractivity contribution in [3.05, 3.63) is 57.1 Å². The highest BCUT2D eigenvalue weighted by atomic mass is 79.9. The van der Waals surface area contributed by atoms with Crippen LogP contribution in [0.25, 0.3) is 0 Å². The Kier molecular flexibility index (Phi) is 4.69. The topological polar surface area (TPSA) is 9.23 Å². The molecule has 0 bridgehead atoms. The Hall–Kier alpha value is -0.800. The van der Waals surface area contributed by atoms with E-state index in [9.17, 15) is 0 Å². The third-order valence-electron chi connectivity index (χ3n) is 3.15. The lowest BCUT2D eigenvalue weighted by Gasteiger charge is -2.14. The minimum atomic E-state index is 0.769. The normalized spacial score (nSPS) is 10.6. The summed E-state index contributed by atoms with van der Waals surface area (Å²) in [6.07, 6.45) is 0.